The van der Waals surface area contributed by atoms with Crippen molar-refractivity contribution in [2.75, 3.05) is 20.9 Å². The molecule has 37 heavy (non-hydrogen) atoms. The number of carbonyl (C=O) groups is 1. The predicted octanol–water partition coefficient (Wildman–Crippen LogP) is 4.02. The van der Waals surface area contributed by atoms with E-state index in [-0.39, 0.29) is 15.6 Å². The van der Waals surface area contributed by atoms with Crippen LogP contribution in [-0.4, -0.2) is 34.3 Å². The van der Waals surface area contributed by atoms with Gasteiger partial charge in [-0.25, -0.2) is 21.8 Å². The maximum atomic E-state index is 13.4. The van der Waals surface area contributed by atoms with E-state index in [2.05, 4.69) is 15.0 Å². The highest BCUT2D eigenvalue weighted by molar-refractivity contribution is 7.93. The zero-order chi connectivity index (χ0) is 26.5. The SMILES string of the molecule is Cc1ccccc1N(CC(=O)Nc1ccc(S(=O)(=O)Nc2ccccn2)cc1)S(=O)(=O)c1ccccc1. The molecule has 0 aliphatic rings. The fourth-order valence-corrected chi connectivity index (χ4v) is 6.05. The Bertz CT molecular complexity index is 1590. The molecule has 1 heterocycles. The molecular formula is C26H24N4O5S2. The van der Waals surface area contributed by atoms with E-state index in [4.69, 9.17) is 0 Å². The number of sulfonamides is 2. The molecule has 4 aromatic rings. The molecule has 0 unspecified atom stereocenters. The predicted molar refractivity (Wildman–Crippen MR) is 142 cm³/mol. The zero-order valence-corrected chi connectivity index (χ0v) is 21.4. The molecule has 2 N–H and O–H groups in total. The molecule has 0 spiro atoms. The number of amides is 1. The molecule has 0 aliphatic heterocycles. The van der Waals surface area contributed by atoms with Gasteiger partial charge >= 0.3 is 0 Å². The van der Waals surface area contributed by atoms with Crippen LogP contribution in [0, 0.1) is 6.92 Å². The first-order chi connectivity index (χ1) is 17.7. The second kappa shape index (κ2) is 10.8. The van der Waals surface area contributed by atoms with Gasteiger partial charge < -0.3 is 5.32 Å². The van der Waals surface area contributed by atoms with Crippen molar-refractivity contribution >= 4 is 43.1 Å². The van der Waals surface area contributed by atoms with Gasteiger partial charge in [0.25, 0.3) is 20.0 Å². The average molecular weight is 537 g/mol. The van der Waals surface area contributed by atoms with Gasteiger partial charge in [0.2, 0.25) is 5.91 Å². The van der Waals surface area contributed by atoms with E-state index in [1.165, 1.54) is 48.7 Å². The lowest BCUT2D eigenvalue weighted by Gasteiger charge is -2.25. The molecule has 9 nitrogen and oxygen atoms in total. The second-order valence-corrected chi connectivity index (χ2v) is 11.5. The van der Waals surface area contributed by atoms with Crippen LogP contribution >= 0.6 is 0 Å². The van der Waals surface area contributed by atoms with Crippen LogP contribution in [0.1, 0.15) is 5.56 Å². The fourth-order valence-electron chi connectivity index (χ4n) is 3.53. The number of nitrogens with zero attached hydrogens (tertiary/aromatic N) is 2. The Morgan fingerprint density at radius 3 is 2.08 bits per heavy atom. The Kier molecular flexibility index (Phi) is 7.55. The van der Waals surface area contributed by atoms with Gasteiger partial charge in [0.05, 0.1) is 15.5 Å². The van der Waals surface area contributed by atoms with Gasteiger partial charge in [-0.3, -0.25) is 13.8 Å². The summed E-state index contributed by atoms with van der Waals surface area (Å²) < 4.78 is 55.5. The molecule has 0 saturated heterocycles. The van der Waals surface area contributed by atoms with Crippen LogP contribution < -0.4 is 14.3 Å². The van der Waals surface area contributed by atoms with Crippen molar-refractivity contribution in [3.8, 4) is 0 Å². The molecular weight excluding hydrogens is 512 g/mol. The number of para-hydroxylation sites is 1. The van der Waals surface area contributed by atoms with Crippen molar-refractivity contribution in [1.82, 2.24) is 4.98 Å². The fraction of sp³-hybridized carbons (Fsp3) is 0.0769. The quantitative estimate of drug-likeness (QED) is 0.333. The summed E-state index contributed by atoms with van der Waals surface area (Å²) in [6.07, 6.45) is 1.47. The van der Waals surface area contributed by atoms with Crippen molar-refractivity contribution in [3.05, 3.63) is 109 Å². The third-order valence-electron chi connectivity index (χ3n) is 5.35. The molecule has 0 saturated carbocycles. The summed E-state index contributed by atoms with van der Waals surface area (Å²) in [4.78, 5) is 16.9. The van der Waals surface area contributed by atoms with Crippen LogP contribution in [0.5, 0.6) is 0 Å². The van der Waals surface area contributed by atoms with Crippen molar-refractivity contribution in [3.63, 3.8) is 0 Å². The van der Waals surface area contributed by atoms with Gasteiger partial charge in [-0.1, -0.05) is 42.5 Å². The van der Waals surface area contributed by atoms with Crippen molar-refractivity contribution in [1.29, 1.82) is 0 Å². The third kappa shape index (κ3) is 6.13. The van der Waals surface area contributed by atoms with Gasteiger partial charge in [0.15, 0.2) is 0 Å². The van der Waals surface area contributed by atoms with Crippen LogP contribution in [0.2, 0.25) is 0 Å². The largest absolute Gasteiger partial charge is 0.325 e. The van der Waals surface area contributed by atoms with E-state index in [0.29, 0.717) is 16.9 Å². The molecule has 0 bridgehead atoms. The maximum absolute atomic E-state index is 13.4. The van der Waals surface area contributed by atoms with E-state index >= 15 is 0 Å². The number of carbonyl (C=O) groups excluding carboxylic acids is 1. The Morgan fingerprint density at radius 2 is 1.43 bits per heavy atom. The van der Waals surface area contributed by atoms with E-state index in [9.17, 15) is 21.6 Å². The first-order valence-electron chi connectivity index (χ1n) is 11.1. The lowest BCUT2D eigenvalue weighted by molar-refractivity contribution is -0.114. The number of aromatic nitrogens is 1. The highest BCUT2D eigenvalue weighted by atomic mass is 32.2. The van der Waals surface area contributed by atoms with Gasteiger partial charge in [-0.15, -0.1) is 0 Å². The summed E-state index contributed by atoms with van der Waals surface area (Å²) in [6.45, 7) is 1.28. The number of hydrogen-bond acceptors (Lipinski definition) is 6. The van der Waals surface area contributed by atoms with Crippen LogP contribution in [0.3, 0.4) is 0 Å². The number of pyridine rings is 1. The van der Waals surface area contributed by atoms with Gasteiger partial charge in [-0.05, 0) is 67.1 Å². The average Bonchev–Trinajstić information content (AvgIpc) is 2.89. The number of benzene rings is 3. The molecule has 0 fully saturated rings. The minimum absolute atomic E-state index is 0.0238. The smallest absolute Gasteiger partial charge is 0.264 e. The molecule has 0 radical (unpaired) electrons. The summed E-state index contributed by atoms with van der Waals surface area (Å²) in [5.74, 6) is -0.416. The van der Waals surface area contributed by atoms with Gasteiger partial charge in [0, 0.05) is 11.9 Å². The van der Waals surface area contributed by atoms with Crippen molar-refractivity contribution in [2.24, 2.45) is 0 Å². The van der Waals surface area contributed by atoms with Crippen LogP contribution in [0.15, 0.2) is 113 Å². The Balaban J connectivity index is 1.53. The molecule has 11 heteroatoms. The van der Waals surface area contributed by atoms with Crippen LogP contribution in [-0.2, 0) is 24.8 Å². The first-order valence-corrected chi connectivity index (χ1v) is 14.1. The topological polar surface area (TPSA) is 126 Å². The Morgan fingerprint density at radius 1 is 0.784 bits per heavy atom. The second-order valence-electron chi connectivity index (χ2n) is 8.00. The van der Waals surface area contributed by atoms with Crippen LogP contribution in [0.4, 0.5) is 17.2 Å². The first kappa shape index (κ1) is 25.9. The standard InChI is InChI=1S/C26H24N4O5S2/c1-20-9-5-6-12-24(20)30(37(34,35)23-10-3-2-4-11-23)19-26(31)28-21-14-16-22(17-15-21)36(32,33)29-25-13-7-8-18-27-25/h2-18H,19H2,1H3,(H,27,29)(H,28,31). The minimum Gasteiger partial charge on any atom is -0.325 e. The molecule has 4 rings (SSSR count). The number of hydrogen-bond donors (Lipinski definition) is 2. The number of anilines is 3. The zero-order valence-electron chi connectivity index (χ0n) is 19.8. The lowest BCUT2D eigenvalue weighted by Crippen LogP contribution is -2.38. The van der Waals surface area contributed by atoms with Gasteiger partial charge in [0.1, 0.15) is 12.4 Å². The lowest BCUT2D eigenvalue weighted by atomic mass is 10.2. The molecule has 0 atom stereocenters. The summed E-state index contributed by atoms with van der Waals surface area (Å²) in [6, 6.07) is 25.1. The van der Waals surface area contributed by atoms with E-state index < -0.39 is 32.5 Å². The third-order valence-corrected chi connectivity index (χ3v) is 8.50. The highest BCUT2D eigenvalue weighted by Crippen LogP contribution is 2.27. The summed E-state index contributed by atoms with van der Waals surface area (Å²) in [5.41, 5.74) is 1.37. The highest BCUT2D eigenvalue weighted by Gasteiger charge is 2.28. The van der Waals surface area contributed by atoms with Crippen molar-refractivity contribution < 1.29 is 21.6 Å². The van der Waals surface area contributed by atoms with E-state index in [0.717, 1.165) is 4.31 Å². The summed E-state index contributed by atoms with van der Waals surface area (Å²) in [5, 5.41) is 2.64. The molecule has 1 amide bonds. The van der Waals surface area contributed by atoms with E-state index in [1.54, 1.807) is 61.5 Å². The number of rotatable bonds is 9. The molecule has 0 aliphatic carbocycles. The Labute approximate surface area is 215 Å². The normalized spacial score (nSPS) is 11.5. The summed E-state index contributed by atoms with van der Waals surface area (Å²) in [7, 11) is -7.92. The Hall–Kier alpha value is -4.22. The van der Waals surface area contributed by atoms with Crippen LogP contribution in [0.25, 0.3) is 0 Å². The maximum Gasteiger partial charge on any atom is 0.264 e. The summed E-state index contributed by atoms with van der Waals surface area (Å²) >= 11 is 0. The minimum atomic E-state index is -4.04. The number of nitrogens with one attached hydrogen (secondary N) is 2. The molecule has 3 aromatic carbocycles. The number of aryl methyl sites for hydroxylation is 1. The van der Waals surface area contributed by atoms with E-state index in [1.807, 2.05) is 0 Å². The molecule has 1 aromatic heterocycles. The monoisotopic (exact) mass is 536 g/mol. The van der Waals surface area contributed by atoms with Gasteiger partial charge in [-0.2, -0.15) is 0 Å². The van der Waals surface area contributed by atoms with Crippen molar-refractivity contribution in [2.45, 2.75) is 16.7 Å². The molecule has 190 valence electrons.